The van der Waals surface area contributed by atoms with E-state index in [0.29, 0.717) is 25.2 Å². The average Bonchev–Trinajstić information content (AvgIpc) is 2.93. The van der Waals surface area contributed by atoms with Gasteiger partial charge in [0.15, 0.2) is 0 Å². The summed E-state index contributed by atoms with van der Waals surface area (Å²) in [5, 5.41) is 11.8. The van der Waals surface area contributed by atoms with Gasteiger partial charge in [-0.3, -0.25) is 4.79 Å². The Kier molecular flexibility index (Phi) is 3.93. The molecule has 5 heteroatoms. The van der Waals surface area contributed by atoms with E-state index >= 15 is 0 Å². The maximum Gasteiger partial charge on any atom is 0.256 e. The molecule has 1 amide bonds. The first-order valence-corrected chi connectivity index (χ1v) is 7.71. The number of aliphatic hydroxyl groups is 1. The summed E-state index contributed by atoms with van der Waals surface area (Å²) in [6.07, 6.45) is 3.42. The molecule has 1 fully saturated rings. The van der Waals surface area contributed by atoms with Gasteiger partial charge in [0, 0.05) is 24.7 Å². The van der Waals surface area contributed by atoms with Gasteiger partial charge in [-0.1, -0.05) is 12.1 Å². The van der Waals surface area contributed by atoms with Gasteiger partial charge in [-0.15, -0.1) is 0 Å². The summed E-state index contributed by atoms with van der Waals surface area (Å²) in [4.78, 5) is 19.8. The number of nitrogens with zero attached hydrogens (tertiary/aromatic N) is 2. The molecule has 2 N–H and O–H groups in total. The van der Waals surface area contributed by atoms with Crippen LogP contribution in [0.5, 0.6) is 0 Å². The number of rotatable bonds is 3. The second kappa shape index (κ2) is 5.74. The fraction of sp³-hybridized carbons (Fsp3) is 0.471. The zero-order valence-corrected chi connectivity index (χ0v) is 13.2. The molecule has 3 rings (SSSR count). The third kappa shape index (κ3) is 2.87. The molecule has 1 aliphatic heterocycles. The zero-order chi connectivity index (χ0) is 15.7. The quantitative estimate of drug-likeness (QED) is 0.907. The lowest BCUT2D eigenvalue weighted by molar-refractivity contribution is -0.0391. The summed E-state index contributed by atoms with van der Waals surface area (Å²) in [7, 11) is 3.89. The topological polar surface area (TPSA) is 59.6 Å². The molecule has 1 saturated heterocycles. The fourth-order valence-corrected chi connectivity index (χ4v) is 3.44. The number of piperidine rings is 1. The largest absolute Gasteiger partial charge is 0.387 e. The number of likely N-dealkylation sites (tertiary alicyclic amines) is 1. The summed E-state index contributed by atoms with van der Waals surface area (Å²) in [6.45, 7) is 1.66. The second-order valence-corrected chi connectivity index (χ2v) is 6.54. The highest BCUT2D eigenvalue weighted by atomic mass is 16.3. The number of nitrogens with one attached hydrogen (secondary N) is 1. The smallest absolute Gasteiger partial charge is 0.256 e. The van der Waals surface area contributed by atoms with E-state index in [4.69, 9.17) is 0 Å². The summed E-state index contributed by atoms with van der Waals surface area (Å²) in [5.74, 6) is -0.00932. The molecule has 2 aromatic rings. The van der Waals surface area contributed by atoms with Crippen LogP contribution in [0, 0.1) is 0 Å². The first-order chi connectivity index (χ1) is 10.5. The number of aromatic nitrogens is 1. The predicted octanol–water partition coefficient (Wildman–Crippen LogP) is 1.70. The number of likely N-dealkylation sites (N-methyl/N-ethyl adjacent to an activating group) is 1. The molecular weight excluding hydrogens is 278 g/mol. The minimum Gasteiger partial charge on any atom is -0.387 e. The molecule has 22 heavy (non-hydrogen) atoms. The van der Waals surface area contributed by atoms with Crippen LogP contribution in [0.2, 0.25) is 0 Å². The van der Waals surface area contributed by atoms with Crippen molar-refractivity contribution in [2.45, 2.75) is 18.4 Å². The Morgan fingerprint density at radius 2 is 2.23 bits per heavy atom. The highest BCUT2D eigenvalue weighted by Crippen LogP contribution is 2.25. The molecule has 5 nitrogen and oxygen atoms in total. The SMILES string of the molecule is CN(C)CC1(O)CCCN(C(=O)c2cccc3cc[nH]c23)C1. The van der Waals surface area contributed by atoms with Gasteiger partial charge in [-0.25, -0.2) is 0 Å². The molecule has 118 valence electrons. The maximum absolute atomic E-state index is 12.9. The standard InChI is InChI=1S/C17H23N3O2/c1-19(2)11-17(22)8-4-10-20(12-17)16(21)14-6-3-5-13-7-9-18-15(13)14/h3,5-7,9,18,22H,4,8,10-12H2,1-2H3. The molecule has 0 bridgehead atoms. The van der Waals surface area contributed by atoms with Crippen LogP contribution >= 0.6 is 0 Å². The van der Waals surface area contributed by atoms with Crippen molar-refractivity contribution in [3.05, 3.63) is 36.0 Å². The number of fused-ring (bicyclic) bond motifs is 1. The van der Waals surface area contributed by atoms with Crippen molar-refractivity contribution < 1.29 is 9.90 Å². The van der Waals surface area contributed by atoms with E-state index in [1.807, 2.05) is 49.5 Å². The van der Waals surface area contributed by atoms with Gasteiger partial charge in [0.25, 0.3) is 5.91 Å². The first-order valence-electron chi connectivity index (χ1n) is 7.71. The van der Waals surface area contributed by atoms with Crippen LogP contribution in [0.25, 0.3) is 10.9 Å². The normalized spacial score (nSPS) is 22.5. The predicted molar refractivity (Wildman–Crippen MR) is 86.9 cm³/mol. The van der Waals surface area contributed by atoms with Gasteiger partial charge < -0.3 is 19.9 Å². The number of aromatic amines is 1. The molecule has 1 aromatic heterocycles. The molecule has 1 atom stereocenters. The number of carbonyl (C=O) groups is 1. The minimum atomic E-state index is -0.818. The first kappa shape index (κ1) is 15.1. The van der Waals surface area contributed by atoms with Gasteiger partial charge in [0.1, 0.15) is 0 Å². The van der Waals surface area contributed by atoms with Crippen LogP contribution in [0.15, 0.2) is 30.5 Å². The highest BCUT2D eigenvalue weighted by molar-refractivity contribution is 6.05. The van der Waals surface area contributed by atoms with Crippen molar-refractivity contribution in [3.63, 3.8) is 0 Å². The van der Waals surface area contributed by atoms with E-state index in [1.54, 1.807) is 4.90 Å². The van der Waals surface area contributed by atoms with Crippen LogP contribution in [0.4, 0.5) is 0 Å². The Hall–Kier alpha value is -1.85. The van der Waals surface area contributed by atoms with Crippen molar-refractivity contribution in [2.75, 3.05) is 33.7 Å². The van der Waals surface area contributed by atoms with Gasteiger partial charge >= 0.3 is 0 Å². The Bertz CT molecular complexity index is 679. The van der Waals surface area contributed by atoms with E-state index < -0.39 is 5.60 Å². The van der Waals surface area contributed by atoms with Crippen LogP contribution < -0.4 is 0 Å². The number of amides is 1. The molecule has 1 aromatic carbocycles. The van der Waals surface area contributed by atoms with Gasteiger partial charge in [-0.2, -0.15) is 0 Å². The number of hydrogen-bond donors (Lipinski definition) is 2. The van der Waals surface area contributed by atoms with Crippen LogP contribution in [0.1, 0.15) is 23.2 Å². The number of para-hydroxylation sites is 1. The van der Waals surface area contributed by atoms with E-state index in [9.17, 15) is 9.90 Å². The van der Waals surface area contributed by atoms with Crippen LogP contribution in [0.3, 0.4) is 0 Å². The lowest BCUT2D eigenvalue weighted by atomic mass is 9.92. The second-order valence-electron chi connectivity index (χ2n) is 6.54. The maximum atomic E-state index is 12.9. The van der Waals surface area contributed by atoms with E-state index in [1.165, 1.54) is 0 Å². The minimum absolute atomic E-state index is 0.00932. The molecule has 0 saturated carbocycles. The van der Waals surface area contributed by atoms with Gasteiger partial charge in [0.05, 0.1) is 23.2 Å². The number of H-pyrrole nitrogens is 1. The fourth-order valence-electron chi connectivity index (χ4n) is 3.44. The van der Waals surface area contributed by atoms with E-state index in [2.05, 4.69) is 4.98 Å². The molecule has 1 unspecified atom stereocenters. The summed E-state index contributed by atoms with van der Waals surface area (Å²) in [5.41, 5.74) is 0.729. The lowest BCUT2D eigenvalue weighted by Crippen LogP contribution is -2.54. The van der Waals surface area contributed by atoms with Gasteiger partial charge in [0.2, 0.25) is 0 Å². The Labute approximate surface area is 130 Å². The average molecular weight is 301 g/mol. The third-order valence-corrected chi connectivity index (χ3v) is 4.27. The number of carbonyl (C=O) groups excluding carboxylic acids is 1. The molecule has 2 heterocycles. The van der Waals surface area contributed by atoms with E-state index in [-0.39, 0.29) is 5.91 Å². The number of hydrogen-bond acceptors (Lipinski definition) is 3. The number of benzene rings is 1. The Balaban J connectivity index is 1.84. The van der Waals surface area contributed by atoms with Crippen LogP contribution in [-0.2, 0) is 0 Å². The summed E-state index contributed by atoms with van der Waals surface area (Å²) < 4.78 is 0. The Morgan fingerprint density at radius 3 is 3.00 bits per heavy atom. The highest BCUT2D eigenvalue weighted by Gasteiger charge is 2.36. The number of β-amino-alcohol motifs (C(OH)–C–C–N with tert-alkyl or cyclic N) is 1. The van der Waals surface area contributed by atoms with Crippen molar-refractivity contribution in [3.8, 4) is 0 Å². The molecule has 0 radical (unpaired) electrons. The van der Waals surface area contributed by atoms with Crippen molar-refractivity contribution >= 4 is 16.8 Å². The van der Waals surface area contributed by atoms with Crippen molar-refractivity contribution in [1.29, 1.82) is 0 Å². The summed E-state index contributed by atoms with van der Waals surface area (Å²) in [6, 6.07) is 7.70. The summed E-state index contributed by atoms with van der Waals surface area (Å²) >= 11 is 0. The molecule has 0 spiro atoms. The molecule has 1 aliphatic rings. The van der Waals surface area contributed by atoms with E-state index in [0.717, 1.165) is 23.7 Å². The molecular formula is C17H23N3O2. The van der Waals surface area contributed by atoms with Crippen molar-refractivity contribution in [1.82, 2.24) is 14.8 Å². The van der Waals surface area contributed by atoms with Gasteiger partial charge in [-0.05, 0) is 39.1 Å². The van der Waals surface area contributed by atoms with Crippen LogP contribution in [-0.4, -0.2) is 65.1 Å². The monoisotopic (exact) mass is 301 g/mol. The Morgan fingerprint density at radius 1 is 1.41 bits per heavy atom. The molecule has 0 aliphatic carbocycles. The third-order valence-electron chi connectivity index (χ3n) is 4.27. The van der Waals surface area contributed by atoms with Crippen molar-refractivity contribution in [2.24, 2.45) is 0 Å². The lowest BCUT2D eigenvalue weighted by Gasteiger charge is -2.40. The zero-order valence-electron chi connectivity index (χ0n) is 13.2.